The number of carbonyl (C=O) groups is 2. The van der Waals surface area contributed by atoms with Gasteiger partial charge in [0.1, 0.15) is 0 Å². The molecule has 3 aliphatic heterocycles. The summed E-state index contributed by atoms with van der Waals surface area (Å²) in [4.78, 5) is 38.6. The number of nitrogens with zero attached hydrogens (tertiary/aromatic N) is 3. The van der Waals surface area contributed by atoms with Crippen molar-refractivity contribution in [1.82, 2.24) is 10.2 Å². The van der Waals surface area contributed by atoms with Crippen molar-refractivity contribution in [3.8, 4) is 11.8 Å². The number of piperidine rings is 2. The van der Waals surface area contributed by atoms with Crippen LogP contribution in [0.3, 0.4) is 0 Å². The summed E-state index contributed by atoms with van der Waals surface area (Å²) in [5.41, 5.74) is 3.39. The summed E-state index contributed by atoms with van der Waals surface area (Å²) in [6.07, 6.45) is 3.17. The molecule has 1 atom stereocenters. The molecule has 3 saturated heterocycles. The predicted octanol–water partition coefficient (Wildman–Crippen LogP) is 3.07. The number of hydrogen-bond donors (Lipinski definition) is 1. The molecule has 1 spiro atoms. The van der Waals surface area contributed by atoms with Crippen LogP contribution in [-0.2, 0) is 9.59 Å². The van der Waals surface area contributed by atoms with Gasteiger partial charge >= 0.3 is 0 Å². The Morgan fingerprint density at radius 2 is 1.71 bits per heavy atom. The lowest BCUT2D eigenvalue weighted by Gasteiger charge is -2.54. The number of carbonyl (C=O) groups excluding carboxylic acids is 2. The molecular formula is C27H28N4O4. The highest BCUT2D eigenvalue weighted by molar-refractivity contribution is 6.00. The molecule has 0 radical (unpaired) electrons. The van der Waals surface area contributed by atoms with Gasteiger partial charge in [0.25, 0.3) is 5.69 Å². The van der Waals surface area contributed by atoms with E-state index in [0.717, 1.165) is 62.4 Å². The van der Waals surface area contributed by atoms with Gasteiger partial charge in [-0.2, -0.15) is 0 Å². The van der Waals surface area contributed by atoms with E-state index in [0.29, 0.717) is 18.3 Å². The molecule has 8 heteroatoms. The number of imide groups is 1. The van der Waals surface area contributed by atoms with Crippen LogP contribution in [0.4, 0.5) is 11.4 Å². The van der Waals surface area contributed by atoms with E-state index in [1.165, 1.54) is 0 Å². The fraction of sp³-hybridized carbons (Fsp3) is 0.407. The van der Waals surface area contributed by atoms with Crippen molar-refractivity contribution in [2.75, 3.05) is 37.6 Å². The van der Waals surface area contributed by atoms with Gasteiger partial charge in [0.2, 0.25) is 11.8 Å². The topological polar surface area (TPSA) is 95.8 Å². The first-order valence-corrected chi connectivity index (χ1v) is 12.1. The molecule has 0 bridgehead atoms. The number of amides is 2. The van der Waals surface area contributed by atoms with E-state index >= 15 is 0 Å². The van der Waals surface area contributed by atoms with Crippen molar-refractivity contribution in [2.45, 2.75) is 31.6 Å². The highest BCUT2D eigenvalue weighted by Crippen LogP contribution is 2.41. The highest BCUT2D eigenvalue weighted by atomic mass is 16.6. The maximum absolute atomic E-state index is 12.0. The highest BCUT2D eigenvalue weighted by Gasteiger charge is 2.44. The molecule has 0 saturated carbocycles. The first-order chi connectivity index (χ1) is 16.9. The molecule has 180 valence electrons. The summed E-state index contributed by atoms with van der Waals surface area (Å²) in [5.74, 6) is 5.82. The zero-order valence-corrected chi connectivity index (χ0v) is 19.5. The van der Waals surface area contributed by atoms with Gasteiger partial charge in [-0.1, -0.05) is 24.0 Å². The lowest BCUT2D eigenvalue weighted by Crippen LogP contribution is -2.60. The van der Waals surface area contributed by atoms with Crippen LogP contribution in [0.1, 0.15) is 42.7 Å². The zero-order chi connectivity index (χ0) is 24.4. The average molecular weight is 473 g/mol. The summed E-state index contributed by atoms with van der Waals surface area (Å²) in [6, 6.07) is 14.6. The lowest BCUT2D eigenvalue weighted by atomic mass is 9.72. The molecule has 1 unspecified atom stereocenters. The van der Waals surface area contributed by atoms with E-state index < -0.39 is 0 Å². The van der Waals surface area contributed by atoms with Crippen molar-refractivity contribution in [3.05, 3.63) is 69.8 Å². The van der Waals surface area contributed by atoms with Gasteiger partial charge in [-0.25, -0.2) is 0 Å². The Balaban J connectivity index is 1.08. The van der Waals surface area contributed by atoms with Crippen LogP contribution >= 0.6 is 0 Å². The van der Waals surface area contributed by atoms with Gasteiger partial charge in [0.05, 0.1) is 17.4 Å². The molecule has 3 aliphatic rings. The van der Waals surface area contributed by atoms with Crippen LogP contribution in [0.15, 0.2) is 48.5 Å². The second kappa shape index (κ2) is 9.51. The molecule has 5 rings (SSSR count). The van der Waals surface area contributed by atoms with Crippen molar-refractivity contribution in [3.63, 3.8) is 0 Å². The number of nitro groups is 1. The number of non-ortho nitro benzene ring substituents is 1. The fourth-order valence-electron chi connectivity index (χ4n) is 5.42. The molecular weight excluding hydrogens is 444 g/mol. The molecule has 3 heterocycles. The third-order valence-corrected chi connectivity index (χ3v) is 7.46. The number of rotatable bonds is 4. The smallest absolute Gasteiger partial charge is 0.269 e. The minimum absolute atomic E-state index is 0.128. The van der Waals surface area contributed by atoms with Crippen LogP contribution in [0.25, 0.3) is 0 Å². The number of benzene rings is 2. The van der Waals surface area contributed by atoms with Crippen LogP contribution in [0.2, 0.25) is 0 Å². The van der Waals surface area contributed by atoms with E-state index in [2.05, 4.69) is 27.0 Å². The maximum Gasteiger partial charge on any atom is 0.269 e. The van der Waals surface area contributed by atoms with Gasteiger partial charge in [-0.3, -0.25) is 29.9 Å². The molecule has 0 aromatic heterocycles. The summed E-state index contributed by atoms with van der Waals surface area (Å²) in [7, 11) is 0. The Morgan fingerprint density at radius 3 is 2.34 bits per heavy atom. The normalized spacial score (nSPS) is 21.6. The number of anilines is 1. The van der Waals surface area contributed by atoms with E-state index in [-0.39, 0.29) is 28.3 Å². The summed E-state index contributed by atoms with van der Waals surface area (Å²) >= 11 is 0. The Labute approximate surface area is 204 Å². The molecule has 0 aliphatic carbocycles. The third-order valence-electron chi connectivity index (χ3n) is 7.46. The monoisotopic (exact) mass is 472 g/mol. The maximum atomic E-state index is 12.0. The molecule has 2 aromatic rings. The quantitative estimate of drug-likeness (QED) is 0.318. The van der Waals surface area contributed by atoms with Gasteiger partial charge in [-0.15, -0.1) is 0 Å². The molecule has 3 fully saturated rings. The number of hydrogen-bond acceptors (Lipinski definition) is 6. The molecule has 2 aromatic carbocycles. The fourth-order valence-corrected chi connectivity index (χ4v) is 5.42. The Kier molecular flexibility index (Phi) is 6.27. The van der Waals surface area contributed by atoms with E-state index in [4.69, 9.17) is 0 Å². The summed E-state index contributed by atoms with van der Waals surface area (Å²) in [5, 5.41) is 13.3. The van der Waals surface area contributed by atoms with Gasteiger partial charge < -0.3 is 4.90 Å². The number of nitrogens with one attached hydrogen (secondary N) is 1. The van der Waals surface area contributed by atoms with Crippen LogP contribution in [0.5, 0.6) is 0 Å². The van der Waals surface area contributed by atoms with Crippen LogP contribution in [0, 0.1) is 27.4 Å². The van der Waals surface area contributed by atoms with Gasteiger partial charge in [0, 0.05) is 56.0 Å². The second-order valence-corrected chi connectivity index (χ2v) is 9.83. The van der Waals surface area contributed by atoms with E-state index in [1.807, 2.05) is 36.4 Å². The average Bonchev–Trinajstić information content (AvgIpc) is 2.84. The first-order valence-electron chi connectivity index (χ1n) is 12.1. The Hall–Kier alpha value is -3.70. The van der Waals surface area contributed by atoms with Gasteiger partial charge in [-0.05, 0) is 54.5 Å². The number of likely N-dealkylation sites (tertiary alicyclic amines) is 1. The van der Waals surface area contributed by atoms with Crippen molar-refractivity contribution in [2.24, 2.45) is 5.41 Å². The molecule has 35 heavy (non-hydrogen) atoms. The first kappa shape index (κ1) is 23.1. The van der Waals surface area contributed by atoms with Crippen LogP contribution < -0.4 is 10.2 Å². The minimum Gasteiger partial charge on any atom is -0.371 e. The second-order valence-electron chi connectivity index (χ2n) is 9.83. The van der Waals surface area contributed by atoms with E-state index in [1.54, 1.807) is 12.1 Å². The molecule has 1 N–H and O–H groups in total. The third kappa shape index (κ3) is 5.05. The van der Waals surface area contributed by atoms with Crippen molar-refractivity contribution >= 4 is 23.2 Å². The predicted molar refractivity (Wildman–Crippen MR) is 132 cm³/mol. The standard InChI is InChI=1S/C27H28N4O4/c32-25-12-11-24(26(33)28-25)21-5-3-20(4-6-21)2-1-15-29-18-27(19-29)13-16-30(17-14-27)22-7-9-23(10-8-22)31(34)35/h3-10,24H,11-19H2,(H,28,32,33). The summed E-state index contributed by atoms with van der Waals surface area (Å²) < 4.78 is 0. The Morgan fingerprint density at radius 1 is 1.03 bits per heavy atom. The summed E-state index contributed by atoms with van der Waals surface area (Å²) in [6.45, 7) is 4.80. The molecule has 8 nitrogen and oxygen atoms in total. The van der Waals surface area contributed by atoms with Crippen molar-refractivity contribution < 1.29 is 14.5 Å². The lowest BCUT2D eigenvalue weighted by molar-refractivity contribution is -0.384. The minimum atomic E-state index is -0.364. The zero-order valence-electron chi connectivity index (χ0n) is 19.5. The number of nitro benzene ring substituents is 1. The van der Waals surface area contributed by atoms with Crippen molar-refractivity contribution in [1.29, 1.82) is 0 Å². The molecule has 2 amide bonds. The van der Waals surface area contributed by atoms with Gasteiger partial charge in [0.15, 0.2) is 0 Å². The largest absolute Gasteiger partial charge is 0.371 e. The SMILES string of the molecule is O=C1CCC(c2ccc(C#CCN3CC4(CCN(c5ccc([N+](=O)[O-])cc5)CC4)C3)cc2)C(=O)N1. The Bertz CT molecular complexity index is 1180. The van der Waals surface area contributed by atoms with Crippen LogP contribution in [-0.4, -0.2) is 54.4 Å². The van der Waals surface area contributed by atoms with E-state index in [9.17, 15) is 19.7 Å².